The number of para-hydroxylation sites is 3. The molecule has 8 heteroatoms. The summed E-state index contributed by atoms with van der Waals surface area (Å²) >= 11 is 0. The van der Waals surface area contributed by atoms with Crippen LogP contribution in [0, 0.1) is 0 Å². The SMILES string of the molecule is CCN(CC1COc2ccccc2O1)C(=O)CN1C(=O)c2ccccc2N2C(=O)CCC12C. The number of likely N-dealkylation sites (N-methyl/N-ethyl adjacent to an activating group) is 1. The molecule has 2 atom stereocenters. The summed E-state index contributed by atoms with van der Waals surface area (Å²) in [6.45, 7) is 4.82. The predicted octanol–water partition coefficient (Wildman–Crippen LogP) is 2.67. The van der Waals surface area contributed by atoms with Crippen LogP contribution in [0.5, 0.6) is 11.5 Å². The number of hydrogen-bond donors (Lipinski definition) is 0. The van der Waals surface area contributed by atoms with E-state index in [2.05, 4.69) is 0 Å². The van der Waals surface area contributed by atoms with E-state index in [0.29, 0.717) is 55.3 Å². The molecule has 172 valence electrons. The minimum Gasteiger partial charge on any atom is -0.486 e. The summed E-state index contributed by atoms with van der Waals surface area (Å²) in [5.74, 6) is 0.906. The van der Waals surface area contributed by atoms with Crippen LogP contribution in [0.1, 0.15) is 37.0 Å². The molecule has 2 unspecified atom stereocenters. The number of benzene rings is 2. The topological polar surface area (TPSA) is 79.4 Å². The molecule has 0 bridgehead atoms. The third-order valence-corrected chi connectivity index (χ3v) is 6.76. The summed E-state index contributed by atoms with van der Waals surface area (Å²) in [6.07, 6.45) is 0.524. The monoisotopic (exact) mass is 449 g/mol. The standard InChI is InChI=1S/C25H27N3O5/c1-3-26(14-17-16-32-20-10-6-7-11-21(20)33-17)23(30)15-27-24(31)18-8-4-5-9-19(18)28-22(29)12-13-25(27,28)2/h4-11,17H,3,12-16H2,1-2H3. The van der Waals surface area contributed by atoms with Crippen LogP contribution in [-0.4, -0.2) is 65.5 Å². The van der Waals surface area contributed by atoms with Gasteiger partial charge in [-0.15, -0.1) is 0 Å². The molecule has 0 aromatic heterocycles. The molecule has 1 fully saturated rings. The van der Waals surface area contributed by atoms with Gasteiger partial charge < -0.3 is 19.3 Å². The predicted molar refractivity (Wildman–Crippen MR) is 121 cm³/mol. The van der Waals surface area contributed by atoms with Crippen LogP contribution in [0.25, 0.3) is 0 Å². The molecule has 3 amide bonds. The molecule has 33 heavy (non-hydrogen) atoms. The molecule has 0 saturated carbocycles. The minimum absolute atomic E-state index is 0.0336. The van der Waals surface area contributed by atoms with Crippen LogP contribution in [0.4, 0.5) is 5.69 Å². The van der Waals surface area contributed by atoms with Crippen LogP contribution in [-0.2, 0) is 9.59 Å². The molecule has 0 radical (unpaired) electrons. The summed E-state index contributed by atoms with van der Waals surface area (Å²) in [6, 6.07) is 14.6. The van der Waals surface area contributed by atoms with Crippen molar-refractivity contribution in [2.24, 2.45) is 0 Å². The first-order chi connectivity index (χ1) is 15.9. The highest BCUT2D eigenvalue weighted by Gasteiger charge is 2.53. The minimum atomic E-state index is -0.860. The van der Waals surface area contributed by atoms with Gasteiger partial charge in [-0.1, -0.05) is 24.3 Å². The molecule has 0 spiro atoms. The van der Waals surface area contributed by atoms with E-state index < -0.39 is 5.66 Å². The highest BCUT2D eigenvalue weighted by Crippen LogP contribution is 2.44. The van der Waals surface area contributed by atoms with Crippen LogP contribution in [0.3, 0.4) is 0 Å². The summed E-state index contributed by atoms with van der Waals surface area (Å²) in [4.78, 5) is 44.4. The largest absolute Gasteiger partial charge is 0.486 e. The average Bonchev–Trinajstić information content (AvgIpc) is 3.15. The maximum absolute atomic E-state index is 13.4. The Hall–Kier alpha value is -3.55. The fourth-order valence-electron chi connectivity index (χ4n) is 4.98. The van der Waals surface area contributed by atoms with Gasteiger partial charge in [-0.2, -0.15) is 0 Å². The second kappa shape index (κ2) is 8.10. The van der Waals surface area contributed by atoms with Crippen molar-refractivity contribution in [3.63, 3.8) is 0 Å². The number of carbonyl (C=O) groups is 3. The number of amides is 3. The lowest BCUT2D eigenvalue weighted by atomic mass is 9.98. The summed E-state index contributed by atoms with van der Waals surface area (Å²) < 4.78 is 11.8. The first-order valence-electron chi connectivity index (χ1n) is 11.3. The number of hydrogen-bond acceptors (Lipinski definition) is 5. The summed E-state index contributed by atoms with van der Waals surface area (Å²) in [5.41, 5.74) is 0.206. The lowest BCUT2D eigenvalue weighted by Gasteiger charge is -2.48. The number of rotatable bonds is 5. The van der Waals surface area contributed by atoms with Crippen LogP contribution in [0.15, 0.2) is 48.5 Å². The average molecular weight is 450 g/mol. The molecular formula is C25H27N3O5. The first kappa shape index (κ1) is 21.3. The number of ether oxygens (including phenoxy) is 2. The number of nitrogens with zero attached hydrogens (tertiary/aromatic N) is 3. The fraction of sp³-hybridized carbons (Fsp3) is 0.400. The molecule has 5 rings (SSSR count). The molecule has 3 aliphatic rings. The summed E-state index contributed by atoms with van der Waals surface area (Å²) in [5, 5.41) is 0. The fourth-order valence-corrected chi connectivity index (χ4v) is 4.98. The van der Waals surface area contributed by atoms with Crippen molar-refractivity contribution in [2.45, 2.75) is 38.5 Å². The van der Waals surface area contributed by atoms with Crippen molar-refractivity contribution >= 4 is 23.4 Å². The second-order valence-corrected chi connectivity index (χ2v) is 8.78. The van der Waals surface area contributed by atoms with E-state index in [1.165, 1.54) is 0 Å². The molecule has 3 heterocycles. The number of anilines is 1. The van der Waals surface area contributed by atoms with Gasteiger partial charge in [-0.3, -0.25) is 19.3 Å². The van der Waals surface area contributed by atoms with Gasteiger partial charge >= 0.3 is 0 Å². The van der Waals surface area contributed by atoms with Crippen molar-refractivity contribution in [3.8, 4) is 11.5 Å². The van der Waals surface area contributed by atoms with Crippen LogP contribution >= 0.6 is 0 Å². The van der Waals surface area contributed by atoms with E-state index in [0.717, 1.165) is 0 Å². The second-order valence-electron chi connectivity index (χ2n) is 8.78. The van der Waals surface area contributed by atoms with Gasteiger partial charge in [0, 0.05) is 13.0 Å². The zero-order valence-electron chi connectivity index (χ0n) is 18.8. The van der Waals surface area contributed by atoms with Crippen molar-refractivity contribution < 1.29 is 23.9 Å². The Bertz CT molecular complexity index is 1120. The Balaban J connectivity index is 1.35. The van der Waals surface area contributed by atoms with Gasteiger partial charge in [0.05, 0.1) is 17.8 Å². The van der Waals surface area contributed by atoms with Crippen molar-refractivity contribution in [1.82, 2.24) is 9.80 Å². The Morgan fingerprint density at radius 1 is 1.12 bits per heavy atom. The van der Waals surface area contributed by atoms with Crippen molar-refractivity contribution in [2.75, 3.05) is 31.1 Å². The molecule has 0 N–H and O–H groups in total. The first-order valence-corrected chi connectivity index (χ1v) is 11.3. The Morgan fingerprint density at radius 3 is 2.64 bits per heavy atom. The Labute approximate surface area is 192 Å². The van der Waals surface area contributed by atoms with Gasteiger partial charge in [-0.05, 0) is 44.5 Å². The van der Waals surface area contributed by atoms with Crippen molar-refractivity contribution in [1.29, 1.82) is 0 Å². The lowest BCUT2D eigenvalue weighted by molar-refractivity contribution is -0.134. The molecule has 0 aliphatic carbocycles. The molecule has 3 aliphatic heterocycles. The van der Waals surface area contributed by atoms with E-state index >= 15 is 0 Å². The summed E-state index contributed by atoms with van der Waals surface area (Å²) in [7, 11) is 0. The third kappa shape index (κ3) is 3.50. The normalized spacial score (nSPS) is 23.3. The maximum Gasteiger partial charge on any atom is 0.258 e. The molecule has 8 nitrogen and oxygen atoms in total. The van der Waals surface area contributed by atoms with Gasteiger partial charge in [0.2, 0.25) is 11.8 Å². The Morgan fingerprint density at radius 2 is 1.85 bits per heavy atom. The zero-order chi connectivity index (χ0) is 23.2. The van der Waals surface area contributed by atoms with E-state index in [4.69, 9.17) is 9.47 Å². The molecule has 1 saturated heterocycles. The van der Waals surface area contributed by atoms with Crippen LogP contribution in [0.2, 0.25) is 0 Å². The van der Waals surface area contributed by atoms with E-state index in [-0.39, 0.29) is 30.4 Å². The van der Waals surface area contributed by atoms with Gasteiger partial charge in [0.15, 0.2) is 17.6 Å². The number of carbonyl (C=O) groups excluding carboxylic acids is 3. The lowest BCUT2D eigenvalue weighted by Crippen LogP contribution is -2.64. The molecule has 2 aromatic carbocycles. The Kier molecular flexibility index (Phi) is 5.23. The third-order valence-electron chi connectivity index (χ3n) is 6.76. The molecular weight excluding hydrogens is 422 g/mol. The number of fused-ring (bicyclic) bond motifs is 4. The smallest absolute Gasteiger partial charge is 0.258 e. The van der Waals surface area contributed by atoms with Crippen molar-refractivity contribution in [3.05, 3.63) is 54.1 Å². The zero-order valence-corrected chi connectivity index (χ0v) is 18.8. The highest BCUT2D eigenvalue weighted by molar-refractivity contribution is 6.11. The van der Waals surface area contributed by atoms with E-state index in [1.807, 2.05) is 44.2 Å². The van der Waals surface area contributed by atoms with E-state index in [1.54, 1.807) is 32.9 Å². The molecule has 2 aromatic rings. The maximum atomic E-state index is 13.4. The van der Waals surface area contributed by atoms with E-state index in [9.17, 15) is 14.4 Å². The van der Waals surface area contributed by atoms with Gasteiger partial charge in [0.25, 0.3) is 5.91 Å². The van der Waals surface area contributed by atoms with Gasteiger partial charge in [-0.25, -0.2) is 0 Å². The van der Waals surface area contributed by atoms with Crippen LogP contribution < -0.4 is 14.4 Å². The highest BCUT2D eigenvalue weighted by atomic mass is 16.6. The quantitative estimate of drug-likeness (QED) is 0.701. The van der Waals surface area contributed by atoms with Gasteiger partial charge in [0.1, 0.15) is 18.8 Å².